The highest BCUT2D eigenvalue weighted by atomic mass is 35.5. The van der Waals surface area contributed by atoms with Crippen LogP contribution in [0.5, 0.6) is 0 Å². The molecule has 3 rings (SSSR count). The molecule has 1 fully saturated rings. The van der Waals surface area contributed by atoms with E-state index in [1.165, 1.54) is 0 Å². The van der Waals surface area contributed by atoms with Crippen molar-refractivity contribution in [3.63, 3.8) is 0 Å². The lowest BCUT2D eigenvalue weighted by atomic mass is 10.1. The highest BCUT2D eigenvalue weighted by Gasteiger charge is 2.44. The molecular weight excluding hydrogens is 328 g/mol. The summed E-state index contributed by atoms with van der Waals surface area (Å²) in [6.45, 7) is 2.34. The first-order chi connectivity index (χ1) is 11.5. The number of aryl methyl sites for hydroxylation is 1. The first-order valence-corrected chi connectivity index (χ1v) is 8.24. The molecule has 0 unspecified atom stereocenters. The van der Waals surface area contributed by atoms with E-state index in [0.717, 1.165) is 12.0 Å². The number of benzene rings is 1. The Labute approximate surface area is 145 Å². The van der Waals surface area contributed by atoms with Gasteiger partial charge < -0.3 is 10.6 Å². The maximum absolute atomic E-state index is 12.5. The molecule has 2 N–H and O–H groups in total. The second-order valence-corrected chi connectivity index (χ2v) is 6.37. The molecule has 1 aromatic heterocycles. The molecule has 126 valence electrons. The van der Waals surface area contributed by atoms with Crippen LogP contribution in [0.25, 0.3) is 0 Å². The Hall–Kier alpha value is -2.34. The number of carbonyl (C=O) groups is 2. The van der Waals surface area contributed by atoms with Crippen molar-refractivity contribution < 1.29 is 9.59 Å². The van der Waals surface area contributed by atoms with Crippen LogP contribution in [0.15, 0.2) is 30.6 Å². The van der Waals surface area contributed by atoms with Crippen LogP contribution in [0.4, 0.5) is 5.69 Å². The zero-order chi connectivity index (χ0) is 17.3. The van der Waals surface area contributed by atoms with E-state index in [-0.39, 0.29) is 23.7 Å². The summed E-state index contributed by atoms with van der Waals surface area (Å²) < 4.78 is 1.73. The van der Waals surface area contributed by atoms with Gasteiger partial charge in [-0.3, -0.25) is 14.3 Å². The number of hydrogen-bond acceptors (Lipinski definition) is 3. The molecule has 1 saturated carbocycles. The van der Waals surface area contributed by atoms with Crippen molar-refractivity contribution in [1.29, 1.82) is 0 Å². The third-order valence-corrected chi connectivity index (χ3v) is 4.34. The summed E-state index contributed by atoms with van der Waals surface area (Å²) in [5.41, 5.74) is 1.92. The summed E-state index contributed by atoms with van der Waals surface area (Å²) in [6.07, 6.45) is 4.52. The monoisotopic (exact) mass is 346 g/mol. The van der Waals surface area contributed by atoms with Crippen molar-refractivity contribution >= 4 is 29.1 Å². The van der Waals surface area contributed by atoms with E-state index in [2.05, 4.69) is 15.7 Å². The number of halogens is 1. The second kappa shape index (κ2) is 6.65. The van der Waals surface area contributed by atoms with E-state index in [4.69, 9.17) is 11.6 Å². The molecule has 1 aliphatic carbocycles. The normalized spacial score (nSPS) is 19.0. The van der Waals surface area contributed by atoms with Crippen molar-refractivity contribution in [2.45, 2.75) is 19.3 Å². The quantitative estimate of drug-likeness (QED) is 0.873. The van der Waals surface area contributed by atoms with E-state index in [0.29, 0.717) is 22.8 Å². The van der Waals surface area contributed by atoms with Crippen molar-refractivity contribution in [2.24, 2.45) is 13.0 Å². The third-order valence-electron chi connectivity index (χ3n) is 4.10. The smallest absolute Gasteiger partial charge is 0.253 e. The minimum absolute atomic E-state index is 0.0864. The summed E-state index contributed by atoms with van der Waals surface area (Å²) >= 11 is 5.98. The Bertz CT molecular complexity index is 787. The van der Waals surface area contributed by atoms with Crippen LogP contribution in [0.1, 0.15) is 35.2 Å². The van der Waals surface area contributed by atoms with Crippen LogP contribution in [0.3, 0.4) is 0 Å². The van der Waals surface area contributed by atoms with E-state index in [9.17, 15) is 9.59 Å². The Kier molecular flexibility index (Phi) is 4.57. The van der Waals surface area contributed by atoms with Crippen molar-refractivity contribution in [2.75, 3.05) is 11.9 Å². The van der Waals surface area contributed by atoms with Gasteiger partial charge in [0.15, 0.2) is 0 Å². The highest BCUT2D eigenvalue weighted by Crippen LogP contribution is 2.47. The summed E-state index contributed by atoms with van der Waals surface area (Å²) in [5.74, 6) is -0.238. The van der Waals surface area contributed by atoms with Crippen LogP contribution < -0.4 is 10.6 Å². The molecule has 1 aromatic carbocycles. The van der Waals surface area contributed by atoms with E-state index in [1.807, 2.05) is 20.2 Å². The number of aromatic nitrogens is 2. The maximum Gasteiger partial charge on any atom is 0.253 e. The molecule has 7 heteroatoms. The summed E-state index contributed by atoms with van der Waals surface area (Å²) in [6, 6.07) is 4.88. The fourth-order valence-corrected chi connectivity index (χ4v) is 2.95. The van der Waals surface area contributed by atoms with Crippen molar-refractivity contribution in [1.82, 2.24) is 15.1 Å². The highest BCUT2D eigenvalue weighted by molar-refractivity contribution is 6.31. The predicted octanol–water partition coefficient (Wildman–Crippen LogP) is 2.57. The number of nitrogens with one attached hydrogen (secondary N) is 2. The summed E-state index contributed by atoms with van der Waals surface area (Å²) in [5, 5.41) is 10.2. The lowest BCUT2D eigenvalue weighted by Crippen LogP contribution is -2.25. The van der Waals surface area contributed by atoms with Crippen molar-refractivity contribution in [3.8, 4) is 0 Å². The van der Waals surface area contributed by atoms with Crippen LogP contribution in [-0.2, 0) is 11.8 Å². The van der Waals surface area contributed by atoms with Crippen molar-refractivity contribution in [3.05, 3.63) is 46.7 Å². The molecule has 6 nitrogen and oxygen atoms in total. The van der Waals surface area contributed by atoms with Gasteiger partial charge in [0, 0.05) is 30.7 Å². The SMILES string of the molecule is CCNC(=O)c1cc(Cl)ccc1NC(=O)[C@H]1C[C@@H]1c1cnn(C)c1. The largest absolute Gasteiger partial charge is 0.352 e. The average Bonchev–Trinajstić information content (AvgIpc) is 3.24. The number of amides is 2. The fourth-order valence-electron chi connectivity index (χ4n) is 2.78. The lowest BCUT2D eigenvalue weighted by molar-refractivity contribution is -0.117. The van der Waals surface area contributed by atoms with Crippen LogP contribution in [0, 0.1) is 5.92 Å². The predicted molar refractivity (Wildman–Crippen MR) is 92.1 cm³/mol. The van der Waals surface area contributed by atoms with E-state index >= 15 is 0 Å². The van der Waals surface area contributed by atoms with Gasteiger partial charge in [0.1, 0.15) is 0 Å². The Morgan fingerprint density at radius 1 is 1.42 bits per heavy atom. The molecule has 1 heterocycles. The molecular formula is C17H19ClN4O2. The molecule has 1 aliphatic rings. The van der Waals surface area contributed by atoms with Gasteiger partial charge in [0.25, 0.3) is 5.91 Å². The molecule has 0 radical (unpaired) electrons. The second-order valence-electron chi connectivity index (χ2n) is 5.93. The zero-order valence-electron chi connectivity index (χ0n) is 13.5. The maximum atomic E-state index is 12.5. The zero-order valence-corrected chi connectivity index (χ0v) is 14.3. The molecule has 2 amide bonds. The van der Waals surface area contributed by atoms with Crippen LogP contribution in [-0.4, -0.2) is 28.1 Å². The molecule has 2 aromatic rings. The molecule has 0 aliphatic heterocycles. The number of anilines is 1. The Balaban J connectivity index is 1.72. The summed E-state index contributed by atoms with van der Waals surface area (Å²) in [7, 11) is 1.85. The van der Waals surface area contributed by atoms with E-state index < -0.39 is 0 Å². The van der Waals surface area contributed by atoms with Crippen LogP contribution in [0.2, 0.25) is 5.02 Å². The number of nitrogens with zero attached hydrogens (tertiary/aromatic N) is 2. The number of hydrogen-bond donors (Lipinski definition) is 2. The van der Waals surface area contributed by atoms with Gasteiger partial charge in [-0.2, -0.15) is 5.10 Å². The van der Waals surface area contributed by atoms with E-state index in [1.54, 1.807) is 29.1 Å². The van der Waals surface area contributed by atoms with Gasteiger partial charge in [-0.25, -0.2) is 0 Å². The standard InChI is InChI=1S/C17H19ClN4O2/c1-3-19-16(23)14-6-11(18)4-5-15(14)21-17(24)13-7-12(13)10-8-20-22(2)9-10/h4-6,8-9,12-13H,3,7H2,1-2H3,(H,19,23)(H,21,24)/t12-,13+/m1/s1. The van der Waals surface area contributed by atoms with Gasteiger partial charge in [0.05, 0.1) is 17.4 Å². The Morgan fingerprint density at radius 3 is 2.88 bits per heavy atom. The molecule has 0 saturated heterocycles. The van der Waals surface area contributed by atoms with Gasteiger partial charge in [-0.05, 0) is 43.0 Å². The minimum Gasteiger partial charge on any atom is -0.352 e. The Morgan fingerprint density at radius 2 is 2.21 bits per heavy atom. The topological polar surface area (TPSA) is 76.0 Å². The molecule has 24 heavy (non-hydrogen) atoms. The van der Waals surface area contributed by atoms with Gasteiger partial charge in [-0.1, -0.05) is 11.6 Å². The van der Waals surface area contributed by atoms with Gasteiger partial charge in [0.2, 0.25) is 5.91 Å². The third kappa shape index (κ3) is 3.43. The van der Waals surface area contributed by atoms with Gasteiger partial charge >= 0.3 is 0 Å². The number of rotatable bonds is 5. The summed E-state index contributed by atoms with van der Waals surface area (Å²) in [4.78, 5) is 24.6. The van der Waals surface area contributed by atoms with Gasteiger partial charge in [-0.15, -0.1) is 0 Å². The molecule has 0 spiro atoms. The first kappa shape index (κ1) is 16.5. The minimum atomic E-state index is -0.255. The molecule has 2 atom stereocenters. The lowest BCUT2D eigenvalue weighted by Gasteiger charge is -2.11. The van der Waals surface area contributed by atoms with Crippen LogP contribution >= 0.6 is 11.6 Å². The number of carbonyl (C=O) groups excluding carboxylic acids is 2. The molecule has 0 bridgehead atoms. The fraction of sp³-hybridized carbons (Fsp3) is 0.353. The average molecular weight is 347 g/mol. The first-order valence-electron chi connectivity index (χ1n) is 7.86.